The number of carbonyl (C=O) groups excluding carboxylic acids is 5. The molecule has 0 aliphatic carbocycles. The van der Waals surface area contributed by atoms with Gasteiger partial charge in [-0.25, -0.2) is 0 Å². The van der Waals surface area contributed by atoms with Crippen molar-refractivity contribution in [1.29, 1.82) is 0 Å². The zero-order valence-electron chi connectivity index (χ0n) is 69.8. The topological polar surface area (TPSA) is 137 Å². The molecule has 0 spiro atoms. The predicted molar refractivity (Wildman–Crippen MR) is 454 cm³/mol. The Labute approximate surface area is 646 Å². The first-order chi connectivity index (χ1) is 51.2. The van der Waals surface area contributed by atoms with Crippen molar-refractivity contribution in [3.63, 3.8) is 0 Å². The van der Waals surface area contributed by atoms with Gasteiger partial charge in [0.05, 0.1) is 13.1 Å². The van der Waals surface area contributed by atoms with Gasteiger partial charge < -0.3 is 26.2 Å². The number of hydrogen-bond acceptors (Lipinski definition) is 5. The van der Waals surface area contributed by atoms with E-state index in [1.54, 1.807) is 4.90 Å². The van der Waals surface area contributed by atoms with Crippen molar-refractivity contribution in [2.75, 3.05) is 13.1 Å². The van der Waals surface area contributed by atoms with Crippen molar-refractivity contribution in [3.8, 4) is 0 Å². The van der Waals surface area contributed by atoms with Gasteiger partial charge >= 0.3 is 0 Å². The lowest BCUT2D eigenvalue weighted by Gasteiger charge is -2.32. The molecule has 4 N–H and O–H groups in total. The second kappa shape index (κ2) is 84.7. The molecule has 0 aromatic heterocycles. The second-order valence-electron chi connectivity index (χ2n) is 31.3. The number of nitrogens with zero attached hydrogens (tertiary/aromatic N) is 1. The van der Waals surface area contributed by atoms with Crippen molar-refractivity contribution < 1.29 is 24.0 Å². The molecule has 0 fully saturated rings. The zero-order chi connectivity index (χ0) is 75.4. The molecule has 0 aromatic carbocycles. The summed E-state index contributed by atoms with van der Waals surface area (Å²) in [5.74, 6) is -0.671. The van der Waals surface area contributed by atoms with Crippen LogP contribution in [0, 0.1) is 0 Å². The quantitative estimate of drug-likeness (QED) is 0.0273. The summed E-state index contributed by atoms with van der Waals surface area (Å²) >= 11 is 0. The molecule has 0 aliphatic heterocycles. The first kappa shape index (κ1) is 100. The van der Waals surface area contributed by atoms with Crippen molar-refractivity contribution in [2.24, 2.45) is 0 Å². The van der Waals surface area contributed by atoms with Crippen LogP contribution in [0.4, 0.5) is 0 Å². The van der Waals surface area contributed by atoms with Gasteiger partial charge in [-0.2, -0.15) is 0 Å². The molecule has 5 amide bonds. The predicted octanol–water partition coefficient (Wildman–Crippen LogP) is 28.1. The number of rotatable bonds is 83. The number of allylic oxidation sites excluding steroid dienone is 10. The number of amides is 5. The Morgan fingerprint density at radius 3 is 0.519 bits per heavy atom. The molecule has 0 saturated carbocycles. The van der Waals surface area contributed by atoms with Crippen LogP contribution in [-0.2, 0) is 24.0 Å². The summed E-state index contributed by atoms with van der Waals surface area (Å²) in [6, 6.07) is 0. The van der Waals surface area contributed by atoms with Gasteiger partial charge in [0.25, 0.3) is 0 Å². The van der Waals surface area contributed by atoms with Gasteiger partial charge in [-0.1, -0.05) is 352 Å². The fourth-order valence-corrected chi connectivity index (χ4v) is 14.0. The van der Waals surface area contributed by atoms with E-state index < -0.39 is 12.3 Å². The zero-order valence-corrected chi connectivity index (χ0v) is 69.8. The summed E-state index contributed by atoms with van der Waals surface area (Å²) in [7, 11) is 0. The Morgan fingerprint density at radius 1 is 0.202 bits per heavy atom. The molecule has 0 atom stereocenters. The van der Waals surface area contributed by atoms with Crippen LogP contribution in [0.1, 0.15) is 484 Å². The summed E-state index contributed by atoms with van der Waals surface area (Å²) in [4.78, 5) is 72.7. The van der Waals surface area contributed by atoms with Crippen molar-refractivity contribution in [3.05, 3.63) is 60.8 Å². The molecule has 10 heteroatoms. The Morgan fingerprint density at radius 2 is 0.346 bits per heavy atom. The van der Waals surface area contributed by atoms with Crippen LogP contribution in [0.3, 0.4) is 0 Å². The van der Waals surface area contributed by atoms with Gasteiger partial charge in [-0.05, 0) is 161 Å². The van der Waals surface area contributed by atoms with Crippen molar-refractivity contribution in [1.82, 2.24) is 26.2 Å². The molecule has 0 aliphatic rings. The smallest absolute Gasteiger partial charge is 0.222 e. The molecule has 0 radical (unpaired) electrons. The number of nitrogens with one attached hydrogen (secondary N) is 4. The van der Waals surface area contributed by atoms with Gasteiger partial charge in [0.1, 0.15) is 12.3 Å². The van der Waals surface area contributed by atoms with E-state index in [0.29, 0.717) is 38.5 Å². The summed E-state index contributed by atoms with van der Waals surface area (Å²) in [5, 5.41) is 12.8. The van der Waals surface area contributed by atoms with Gasteiger partial charge in [-0.3, -0.25) is 24.0 Å². The van der Waals surface area contributed by atoms with E-state index in [-0.39, 0.29) is 42.6 Å². The summed E-state index contributed by atoms with van der Waals surface area (Å²) in [5.41, 5.74) is 0. The van der Waals surface area contributed by atoms with E-state index in [1.807, 2.05) is 0 Å². The highest BCUT2D eigenvalue weighted by molar-refractivity contribution is 5.81. The number of hydrogen-bond donors (Lipinski definition) is 4. The summed E-state index contributed by atoms with van der Waals surface area (Å²) in [6.07, 6.45) is 99.8. The fraction of sp³-hybridized carbons (Fsp3) is 0.840. The number of unbranched alkanes of at least 4 members (excludes halogenated alkanes) is 55. The Hall–Kier alpha value is -3.95. The molecule has 0 rings (SSSR count). The Kier molecular flexibility index (Phi) is 81.5. The van der Waals surface area contributed by atoms with Gasteiger partial charge in [0, 0.05) is 32.1 Å². The van der Waals surface area contributed by atoms with Crippen LogP contribution in [0.5, 0.6) is 0 Å². The third kappa shape index (κ3) is 77.7. The molecular formula is C94H175N5O5. The fourth-order valence-electron chi connectivity index (χ4n) is 14.0. The van der Waals surface area contributed by atoms with Gasteiger partial charge in [0.15, 0.2) is 0 Å². The molecule has 0 unspecified atom stereocenters. The maximum absolute atomic E-state index is 14.9. The Bertz CT molecular complexity index is 1790. The van der Waals surface area contributed by atoms with E-state index in [9.17, 15) is 24.0 Å². The first-order valence-electron chi connectivity index (χ1n) is 45.9. The van der Waals surface area contributed by atoms with Crippen molar-refractivity contribution >= 4 is 29.5 Å². The molecular weight excluding hydrogens is 1280 g/mol. The minimum absolute atomic E-state index is 0.0326. The summed E-state index contributed by atoms with van der Waals surface area (Å²) in [6.45, 7) is 11.4. The molecule has 10 nitrogen and oxygen atoms in total. The molecule has 0 bridgehead atoms. The highest BCUT2D eigenvalue weighted by Gasteiger charge is 2.27. The lowest BCUT2D eigenvalue weighted by atomic mass is 10.1. The Balaban J connectivity index is 6.40. The van der Waals surface area contributed by atoms with E-state index in [2.05, 4.69) is 117 Å². The maximum Gasteiger partial charge on any atom is 0.222 e. The van der Waals surface area contributed by atoms with Crippen LogP contribution in [-0.4, -0.2) is 59.9 Å². The van der Waals surface area contributed by atoms with E-state index in [1.165, 1.54) is 225 Å². The highest BCUT2D eigenvalue weighted by Crippen LogP contribution is 2.18. The lowest BCUT2D eigenvalue weighted by Crippen LogP contribution is -2.59. The molecule has 0 heterocycles. The normalized spacial score (nSPS) is 12.5. The molecule has 0 aromatic rings. The average Bonchev–Trinajstić information content (AvgIpc) is 0.877. The van der Waals surface area contributed by atoms with Gasteiger partial charge in [-0.15, -0.1) is 0 Å². The van der Waals surface area contributed by atoms with Gasteiger partial charge in [0.2, 0.25) is 29.5 Å². The minimum atomic E-state index is -0.835. The third-order valence-corrected chi connectivity index (χ3v) is 20.8. The standard InChI is InChI=1S/C94H175N5O5/c1-6-11-16-21-26-31-36-41-46-51-56-61-66-71-76-81-90(100)95-88(96-91(101)82-77-72-67-62-57-52-47-42-37-32-27-22-17-12-7-2)86-99(94(104)85-80-75-70-65-60-55-50-45-40-35-30-25-20-15-10-5)87-89(97-92(102)83-78-73-68-63-58-53-48-43-38-33-28-23-18-13-8-3)98-93(103)84-79-74-69-64-59-54-49-44-39-34-29-24-19-14-9-4/h41-50,88-89H,6-40,51-87H2,1-5H3,(H,95,100)(H,96,101)(H,97,102)(H,98,103). The molecule has 0 saturated heterocycles. The van der Waals surface area contributed by atoms with E-state index in [4.69, 9.17) is 0 Å². The SMILES string of the molecule is CCCCCCCCC=CCCCCCCCC(=O)NC(CN(CC(NC(=O)CCCCCCCC=CCCCCCCCC)NC(=O)CCCCCCCC=CCCCCCCCC)C(=O)CCCCCCCC=CCCCCCCCC)NC(=O)CCCCCCCC=CCCCCCCCC. The number of carbonyl (C=O) groups is 5. The van der Waals surface area contributed by atoms with E-state index >= 15 is 0 Å². The molecule has 104 heavy (non-hydrogen) atoms. The van der Waals surface area contributed by atoms with Crippen LogP contribution in [0.25, 0.3) is 0 Å². The van der Waals surface area contributed by atoms with Crippen LogP contribution < -0.4 is 21.3 Å². The van der Waals surface area contributed by atoms with Crippen molar-refractivity contribution in [2.45, 2.75) is 496 Å². The van der Waals surface area contributed by atoms with E-state index in [0.717, 1.165) is 186 Å². The maximum atomic E-state index is 14.9. The second-order valence-corrected chi connectivity index (χ2v) is 31.3. The third-order valence-electron chi connectivity index (χ3n) is 20.8. The lowest BCUT2D eigenvalue weighted by molar-refractivity contribution is -0.135. The molecule has 606 valence electrons. The minimum Gasteiger partial charge on any atom is -0.335 e. The largest absolute Gasteiger partial charge is 0.335 e. The van der Waals surface area contributed by atoms with Crippen LogP contribution in [0.2, 0.25) is 0 Å². The van der Waals surface area contributed by atoms with Crippen LogP contribution in [0.15, 0.2) is 60.8 Å². The summed E-state index contributed by atoms with van der Waals surface area (Å²) < 4.78 is 0. The monoisotopic (exact) mass is 1450 g/mol. The van der Waals surface area contributed by atoms with Crippen LogP contribution >= 0.6 is 0 Å². The average molecular weight is 1460 g/mol. The highest BCUT2D eigenvalue weighted by atomic mass is 16.2. The first-order valence-corrected chi connectivity index (χ1v) is 45.9.